The average Bonchev–Trinajstić information content (AvgIpc) is 3.76. The first-order valence-corrected chi connectivity index (χ1v) is 12.7. The molecule has 2 aliphatic rings. The number of hydrogen-bond donors (Lipinski definition) is 0. The molecule has 2 aromatic rings. The molecule has 39 heavy (non-hydrogen) atoms. The van der Waals surface area contributed by atoms with E-state index in [9.17, 15) is 0 Å². The molecule has 2 unspecified atom stereocenters. The molecular weight excluding hydrogens is 492 g/mol. The monoisotopic (exact) mass is 550 g/mol. The summed E-state index contributed by atoms with van der Waals surface area (Å²) in [5.41, 5.74) is 2.77. The molecule has 0 amide bonds. The minimum atomic E-state index is 0. The first-order chi connectivity index (χ1) is 16.9. The summed E-state index contributed by atoms with van der Waals surface area (Å²) in [6, 6.07) is 16.4. The van der Waals surface area contributed by atoms with Crippen LogP contribution >= 0.6 is 0 Å². The van der Waals surface area contributed by atoms with Crippen LogP contribution < -0.4 is 9.47 Å². The summed E-state index contributed by atoms with van der Waals surface area (Å²) in [6.45, 7) is 14.7. The van der Waals surface area contributed by atoms with Crippen molar-refractivity contribution in [3.05, 3.63) is 59.7 Å². The highest BCUT2D eigenvalue weighted by Crippen LogP contribution is 2.24. The fourth-order valence-electron chi connectivity index (χ4n) is 3.15. The number of aryl methyl sites for hydroxylation is 1. The van der Waals surface area contributed by atoms with Gasteiger partial charge < -0.3 is 28.4 Å². The molecule has 0 radical (unpaired) electrons. The minimum absolute atomic E-state index is 0. The summed E-state index contributed by atoms with van der Waals surface area (Å²) in [5, 5.41) is 0. The Balaban J connectivity index is 0. The first-order valence-electron chi connectivity index (χ1n) is 12.7. The predicted molar refractivity (Wildman–Crippen MR) is 165 cm³/mol. The van der Waals surface area contributed by atoms with Crippen molar-refractivity contribution in [2.24, 2.45) is 0 Å². The number of hydrogen-bond acceptors (Lipinski definition) is 6. The highest BCUT2D eigenvalue weighted by atomic mass is 16.6. The second kappa shape index (κ2) is 20.7. The summed E-state index contributed by atoms with van der Waals surface area (Å²) in [4.78, 5) is 0. The molecule has 0 bridgehead atoms. The van der Waals surface area contributed by atoms with E-state index in [0.29, 0.717) is 25.4 Å². The Hall–Kier alpha value is -2.12. The van der Waals surface area contributed by atoms with E-state index < -0.39 is 0 Å². The van der Waals surface area contributed by atoms with E-state index in [4.69, 9.17) is 28.4 Å². The molecule has 0 saturated carbocycles. The van der Waals surface area contributed by atoms with Gasteiger partial charge in [-0.2, -0.15) is 0 Å². The predicted octanol–water partition coefficient (Wildman–Crippen LogP) is 7.89. The van der Waals surface area contributed by atoms with Crippen LogP contribution in [0, 0.1) is 6.92 Å². The maximum absolute atomic E-state index is 5.69. The van der Waals surface area contributed by atoms with Crippen molar-refractivity contribution < 1.29 is 28.4 Å². The minimum Gasteiger partial charge on any atom is -0.494 e. The Kier molecular flexibility index (Phi) is 20.8. The van der Waals surface area contributed by atoms with Gasteiger partial charge in [0.15, 0.2) is 0 Å². The molecule has 2 saturated heterocycles. The van der Waals surface area contributed by atoms with Crippen LogP contribution in [0.2, 0.25) is 0 Å². The Morgan fingerprint density at radius 2 is 1.03 bits per heavy atom. The zero-order valence-electron chi connectivity index (χ0n) is 21.8. The van der Waals surface area contributed by atoms with Crippen LogP contribution in [0.3, 0.4) is 0 Å². The zero-order chi connectivity index (χ0) is 24.9. The molecule has 2 atom stereocenters. The highest BCUT2D eigenvalue weighted by molar-refractivity contribution is 5.31. The third-order valence-corrected chi connectivity index (χ3v) is 5.56. The van der Waals surface area contributed by atoms with Crippen LogP contribution in [0.5, 0.6) is 11.5 Å². The van der Waals surface area contributed by atoms with Crippen molar-refractivity contribution >= 4 is 0 Å². The lowest BCUT2D eigenvalue weighted by Gasteiger charge is -2.19. The molecule has 2 fully saturated rings. The first kappa shape index (κ1) is 39.0. The van der Waals surface area contributed by atoms with Gasteiger partial charge in [-0.25, -0.2) is 0 Å². The lowest BCUT2D eigenvalue weighted by atomic mass is 9.87. The van der Waals surface area contributed by atoms with Gasteiger partial charge in [-0.15, -0.1) is 0 Å². The number of rotatable bonds is 14. The fourth-order valence-corrected chi connectivity index (χ4v) is 3.15. The van der Waals surface area contributed by atoms with Crippen molar-refractivity contribution in [1.29, 1.82) is 0 Å². The van der Waals surface area contributed by atoms with E-state index in [1.807, 2.05) is 24.3 Å². The number of ether oxygens (including phenoxy) is 6. The molecule has 2 heterocycles. The SMILES string of the molecule is C.C.C.C.CC(C)(C)c1ccc(OCCCOCC2CO2)cc1.Cc1ccc(OCCCOCC2CO2)cc1. The van der Waals surface area contributed by atoms with Gasteiger partial charge in [0, 0.05) is 26.1 Å². The molecule has 0 aliphatic carbocycles. The van der Waals surface area contributed by atoms with Crippen LogP contribution in [0.1, 0.15) is 74.4 Å². The van der Waals surface area contributed by atoms with Gasteiger partial charge >= 0.3 is 0 Å². The van der Waals surface area contributed by atoms with E-state index in [0.717, 1.165) is 64.0 Å². The Labute approximate surface area is 240 Å². The van der Waals surface area contributed by atoms with E-state index in [-0.39, 0.29) is 35.1 Å². The van der Waals surface area contributed by atoms with Crippen molar-refractivity contribution in [2.75, 3.05) is 52.9 Å². The maximum Gasteiger partial charge on any atom is 0.119 e. The summed E-state index contributed by atoms with van der Waals surface area (Å²) in [6.07, 6.45) is 2.54. The Bertz CT molecular complexity index is 821. The molecule has 2 aromatic carbocycles. The average molecular weight is 551 g/mol. The fraction of sp³-hybridized carbons (Fsp3) is 0.636. The van der Waals surface area contributed by atoms with Crippen LogP contribution in [0.4, 0.5) is 0 Å². The van der Waals surface area contributed by atoms with Crippen LogP contribution in [0.25, 0.3) is 0 Å². The largest absolute Gasteiger partial charge is 0.494 e. The normalized spacial score (nSPS) is 16.5. The lowest BCUT2D eigenvalue weighted by molar-refractivity contribution is 0.104. The van der Waals surface area contributed by atoms with E-state index in [1.54, 1.807) is 0 Å². The molecule has 4 rings (SSSR count). The third-order valence-electron chi connectivity index (χ3n) is 5.56. The van der Waals surface area contributed by atoms with Gasteiger partial charge in [-0.3, -0.25) is 0 Å². The van der Waals surface area contributed by atoms with Gasteiger partial charge in [0.2, 0.25) is 0 Å². The van der Waals surface area contributed by atoms with Crippen molar-refractivity contribution in [3.63, 3.8) is 0 Å². The Morgan fingerprint density at radius 3 is 1.38 bits per heavy atom. The number of benzene rings is 2. The van der Waals surface area contributed by atoms with Crippen LogP contribution in [0.15, 0.2) is 48.5 Å². The summed E-state index contributed by atoms with van der Waals surface area (Å²) in [5.74, 6) is 1.86. The molecule has 2 aliphatic heterocycles. The topological polar surface area (TPSA) is 62.0 Å². The molecule has 0 spiro atoms. The van der Waals surface area contributed by atoms with Gasteiger partial charge in [0.05, 0.1) is 39.6 Å². The van der Waals surface area contributed by atoms with Gasteiger partial charge in [0.1, 0.15) is 23.7 Å². The summed E-state index contributed by atoms with van der Waals surface area (Å²) >= 11 is 0. The molecule has 6 heteroatoms. The summed E-state index contributed by atoms with van der Waals surface area (Å²) < 4.78 is 32.2. The molecule has 0 aromatic heterocycles. The third kappa shape index (κ3) is 18.0. The van der Waals surface area contributed by atoms with Crippen molar-refractivity contribution in [2.45, 2.75) is 87.9 Å². The van der Waals surface area contributed by atoms with E-state index >= 15 is 0 Å². The van der Waals surface area contributed by atoms with Crippen molar-refractivity contribution in [1.82, 2.24) is 0 Å². The Morgan fingerprint density at radius 1 is 0.641 bits per heavy atom. The quantitative estimate of drug-likeness (QED) is 0.176. The van der Waals surface area contributed by atoms with Gasteiger partial charge in [0.25, 0.3) is 0 Å². The number of epoxide rings is 2. The smallest absolute Gasteiger partial charge is 0.119 e. The maximum atomic E-state index is 5.69. The summed E-state index contributed by atoms with van der Waals surface area (Å²) in [7, 11) is 0. The van der Waals surface area contributed by atoms with Crippen molar-refractivity contribution in [3.8, 4) is 11.5 Å². The molecule has 6 nitrogen and oxygen atoms in total. The second-order valence-electron chi connectivity index (χ2n) is 10.1. The molecule has 226 valence electrons. The second-order valence-corrected chi connectivity index (χ2v) is 10.1. The molecule has 0 N–H and O–H groups in total. The zero-order valence-corrected chi connectivity index (χ0v) is 21.8. The van der Waals surface area contributed by atoms with Crippen LogP contribution in [-0.2, 0) is 24.4 Å². The van der Waals surface area contributed by atoms with E-state index in [2.05, 4.69) is 52.0 Å². The highest BCUT2D eigenvalue weighted by Gasteiger charge is 2.22. The molecular formula is C33H58O6. The lowest BCUT2D eigenvalue weighted by Crippen LogP contribution is -2.10. The van der Waals surface area contributed by atoms with Gasteiger partial charge in [-0.1, -0.05) is 80.3 Å². The standard InChI is InChI=1S/C16H24O3.C13H18O3.4CH4/c1-16(2,3)13-5-7-14(8-6-13)18-10-4-9-17-11-15-12-19-15;1-11-3-5-12(6-4-11)15-8-2-7-14-9-13-10-16-13;;;;/h5-8,15H,4,9-12H2,1-3H3;3-6,13H,2,7-10H2,1H3;4*1H4. The van der Waals surface area contributed by atoms with Gasteiger partial charge in [-0.05, 0) is 42.2 Å². The van der Waals surface area contributed by atoms with E-state index in [1.165, 1.54) is 11.1 Å². The van der Waals surface area contributed by atoms with Crippen LogP contribution in [-0.4, -0.2) is 65.1 Å².